The lowest BCUT2D eigenvalue weighted by atomic mass is 10.4. The van der Waals surface area contributed by atoms with Crippen LogP contribution in [0.15, 0.2) is 0 Å². The summed E-state index contributed by atoms with van der Waals surface area (Å²) in [5.41, 5.74) is 5.45. The SMILES string of the molecule is CCCN(C)CCOCCN(C)CCCN. The number of hydrogen-bond donors (Lipinski definition) is 1. The van der Waals surface area contributed by atoms with Crippen molar-refractivity contribution in [3.63, 3.8) is 0 Å². The van der Waals surface area contributed by atoms with E-state index < -0.39 is 0 Å². The Morgan fingerprint density at radius 3 is 2.00 bits per heavy atom. The summed E-state index contributed by atoms with van der Waals surface area (Å²) in [6.07, 6.45) is 2.27. The first kappa shape index (κ1) is 15.8. The van der Waals surface area contributed by atoms with Gasteiger partial charge in [0.25, 0.3) is 0 Å². The van der Waals surface area contributed by atoms with E-state index in [1.54, 1.807) is 0 Å². The van der Waals surface area contributed by atoms with Crippen LogP contribution in [0.1, 0.15) is 19.8 Å². The lowest BCUT2D eigenvalue weighted by molar-refractivity contribution is 0.0941. The Balaban J connectivity index is 3.19. The lowest BCUT2D eigenvalue weighted by Crippen LogP contribution is -2.28. The molecule has 0 saturated carbocycles. The molecule has 0 amide bonds. The molecular formula is C12H29N3O. The number of nitrogens with two attached hydrogens (primary N) is 1. The van der Waals surface area contributed by atoms with Crippen LogP contribution >= 0.6 is 0 Å². The molecule has 0 unspecified atom stereocenters. The first-order valence-corrected chi connectivity index (χ1v) is 6.35. The van der Waals surface area contributed by atoms with Crippen LogP contribution in [0, 0.1) is 0 Å². The summed E-state index contributed by atoms with van der Waals surface area (Å²) in [6, 6.07) is 0. The van der Waals surface area contributed by atoms with Crippen molar-refractivity contribution in [3.8, 4) is 0 Å². The molecule has 0 heterocycles. The number of hydrogen-bond acceptors (Lipinski definition) is 4. The predicted molar refractivity (Wildman–Crippen MR) is 69.8 cm³/mol. The van der Waals surface area contributed by atoms with Crippen molar-refractivity contribution in [1.82, 2.24) is 9.80 Å². The second kappa shape index (κ2) is 11.3. The van der Waals surface area contributed by atoms with E-state index in [1.165, 1.54) is 6.42 Å². The number of likely N-dealkylation sites (N-methyl/N-ethyl adjacent to an activating group) is 2. The third-order valence-corrected chi connectivity index (χ3v) is 2.58. The molecule has 4 heteroatoms. The average molecular weight is 231 g/mol. The average Bonchev–Trinajstić information content (AvgIpc) is 2.26. The van der Waals surface area contributed by atoms with Crippen LogP contribution in [0.5, 0.6) is 0 Å². The molecule has 0 aromatic heterocycles. The van der Waals surface area contributed by atoms with E-state index in [0.717, 1.165) is 52.4 Å². The van der Waals surface area contributed by atoms with Gasteiger partial charge in [0.15, 0.2) is 0 Å². The van der Waals surface area contributed by atoms with E-state index in [4.69, 9.17) is 10.5 Å². The minimum Gasteiger partial charge on any atom is -0.379 e. The molecule has 0 bridgehead atoms. The van der Waals surface area contributed by atoms with Crippen LogP contribution in [0.25, 0.3) is 0 Å². The Kier molecular flexibility index (Phi) is 11.2. The molecular weight excluding hydrogens is 202 g/mol. The van der Waals surface area contributed by atoms with Crippen molar-refractivity contribution in [3.05, 3.63) is 0 Å². The molecule has 0 aromatic rings. The van der Waals surface area contributed by atoms with Gasteiger partial charge in [0.05, 0.1) is 13.2 Å². The van der Waals surface area contributed by atoms with Crippen molar-refractivity contribution in [1.29, 1.82) is 0 Å². The van der Waals surface area contributed by atoms with Crippen LogP contribution in [-0.2, 0) is 4.74 Å². The molecule has 4 nitrogen and oxygen atoms in total. The van der Waals surface area contributed by atoms with Gasteiger partial charge < -0.3 is 20.3 Å². The van der Waals surface area contributed by atoms with Crippen molar-refractivity contribution in [2.45, 2.75) is 19.8 Å². The minimum atomic E-state index is 0.771. The molecule has 0 spiro atoms. The highest BCUT2D eigenvalue weighted by Crippen LogP contribution is 1.89. The molecule has 2 N–H and O–H groups in total. The van der Waals surface area contributed by atoms with Gasteiger partial charge in [-0.2, -0.15) is 0 Å². The molecule has 0 fully saturated rings. The summed E-state index contributed by atoms with van der Waals surface area (Å²) in [5.74, 6) is 0. The van der Waals surface area contributed by atoms with Gasteiger partial charge in [-0.25, -0.2) is 0 Å². The third kappa shape index (κ3) is 10.4. The third-order valence-electron chi connectivity index (χ3n) is 2.58. The molecule has 0 saturated heterocycles. The topological polar surface area (TPSA) is 41.7 Å². The number of rotatable bonds is 11. The van der Waals surface area contributed by atoms with E-state index >= 15 is 0 Å². The highest BCUT2D eigenvalue weighted by molar-refractivity contribution is 4.52. The minimum absolute atomic E-state index is 0.771. The van der Waals surface area contributed by atoms with E-state index in [9.17, 15) is 0 Å². The monoisotopic (exact) mass is 231 g/mol. The first-order valence-electron chi connectivity index (χ1n) is 6.35. The highest BCUT2D eigenvalue weighted by Gasteiger charge is 1.98. The molecule has 16 heavy (non-hydrogen) atoms. The summed E-state index contributed by atoms with van der Waals surface area (Å²) in [6.45, 7) is 8.87. The van der Waals surface area contributed by atoms with Gasteiger partial charge in [-0.05, 0) is 46.6 Å². The smallest absolute Gasteiger partial charge is 0.0593 e. The fraction of sp³-hybridized carbons (Fsp3) is 1.00. The first-order chi connectivity index (χ1) is 7.70. The van der Waals surface area contributed by atoms with Crippen LogP contribution in [-0.4, -0.2) is 69.8 Å². The molecule has 0 rings (SSSR count). The normalized spacial score (nSPS) is 11.6. The van der Waals surface area contributed by atoms with Crippen molar-refractivity contribution in [2.75, 3.05) is 60.0 Å². The molecule has 0 aliphatic heterocycles. The van der Waals surface area contributed by atoms with E-state index in [1.807, 2.05) is 0 Å². The lowest BCUT2D eigenvalue weighted by Gasteiger charge is -2.18. The maximum absolute atomic E-state index is 5.59. The maximum Gasteiger partial charge on any atom is 0.0593 e. The standard InChI is InChI=1S/C12H29N3O/c1-4-7-14(2)9-11-16-12-10-15(3)8-5-6-13/h4-13H2,1-3H3. The Morgan fingerprint density at radius 1 is 0.938 bits per heavy atom. The second-order valence-electron chi connectivity index (χ2n) is 4.36. The molecule has 98 valence electrons. The highest BCUT2D eigenvalue weighted by atomic mass is 16.5. The van der Waals surface area contributed by atoms with Crippen molar-refractivity contribution in [2.24, 2.45) is 5.73 Å². The zero-order valence-electron chi connectivity index (χ0n) is 11.2. The molecule has 0 radical (unpaired) electrons. The van der Waals surface area contributed by atoms with Crippen LogP contribution in [0.3, 0.4) is 0 Å². The largest absolute Gasteiger partial charge is 0.379 e. The number of nitrogens with zero attached hydrogens (tertiary/aromatic N) is 2. The van der Waals surface area contributed by atoms with Gasteiger partial charge in [-0.15, -0.1) is 0 Å². The molecule has 0 aliphatic rings. The van der Waals surface area contributed by atoms with Crippen LogP contribution < -0.4 is 5.73 Å². The van der Waals surface area contributed by atoms with Gasteiger partial charge in [-0.1, -0.05) is 6.92 Å². The van der Waals surface area contributed by atoms with E-state index in [0.29, 0.717) is 0 Å². The van der Waals surface area contributed by atoms with Gasteiger partial charge in [-0.3, -0.25) is 0 Å². The summed E-state index contributed by atoms with van der Waals surface area (Å²) >= 11 is 0. The zero-order valence-corrected chi connectivity index (χ0v) is 11.2. The van der Waals surface area contributed by atoms with Crippen LogP contribution in [0.2, 0.25) is 0 Å². The second-order valence-corrected chi connectivity index (χ2v) is 4.36. The van der Waals surface area contributed by atoms with Gasteiger partial charge in [0.1, 0.15) is 0 Å². The van der Waals surface area contributed by atoms with Gasteiger partial charge in [0.2, 0.25) is 0 Å². The van der Waals surface area contributed by atoms with Crippen molar-refractivity contribution < 1.29 is 4.74 Å². The van der Waals surface area contributed by atoms with Gasteiger partial charge >= 0.3 is 0 Å². The van der Waals surface area contributed by atoms with E-state index in [-0.39, 0.29) is 0 Å². The summed E-state index contributed by atoms with van der Waals surface area (Å²) < 4.78 is 5.59. The van der Waals surface area contributed by atoms with E-state index in [2.05, 4.69) is 30.8 Å². The quantitative estimate of drug-likeness (QED) is 0.530. The van der Waals surface area contributed by atoms with Gasteiger partial charge in [0, 0.05) is 13.1 Å². The summed E-state index contributed by atoms with van der Waals surface area (Å²) in [4.78, 5) is 4.57. The van der Waals surface area contributed by atoms with Crippen LogP contribution in [0.4, 0.5) is 0 Å². The molecule has 0 aliphatic carbocycles. The Labute approximate surface area is 101 Å². The predicted octanol–water partition coefficient (Wildman–Crippen LogP) is 0.625. The zero-order chi connectivity index (χ0) is 12.2. The Bertz CT molecular complexity index is 144. The Hall–Kier alpha value is -0.160. The summed E-state index contributed by atoms with van der Waals surface area (Å²) in [5, 5.41) is 0. The number of ether oxygens (including phenoxy) is 1. The molecule has 0 aromatic carbocycles. The van der Waals surface area contributed by atoms with Crippen molar-refractivity contribution >= 4 is 0 Å². The Morgan fingerprint density at radius 2 is 1.50 bits per heavy atom. The summed E-state index contributed by atoms with van der Waals surface area (Å²) in [7, 11) is 4.25. The molecule has 0 atom stereocenters. The maximum atomic E-state index is 5.59. The fourth-order valence-corrected chi connectivity index (χ4v) is 1.51. The fourth-order valence-electron chi connectivity index (χ4n) is 1.51.